The van der Waals surface area contributed by atoms with E-state index >= 15 is 0 Å². The zero-order chi connectivity index (χ0) is 9.68. The van der Waals surface area contributed by atoms with Crippen LogP contribution in [0.4, 0.5) is 0 Å². The van der Waals surface area contributed by atoms with Crippen molar-refractivity contribution in [3.8, 4) is 0 Å². The summed E-state index contributed by atoms with van der Waals surface area (Å²) in [6, 6.07) is 9.51. The molecule has 0 aromatic heterocycles. The molecule has 0 radical (unpaired) electrons. The fourth-order valence-corrected chi connectivity index (χ4v) is 1.10. The Kier molecular flexibility index (Phi) is 3.53. The fourth-order valence-electron chi connectivity index (χ4n) is 1.10. The predicted octanol–water partition coefficient (Wildman–Crippen LogP) is 2.54. The van der Waals surface area contributed by atoms with Crippen molar-refractivity contribution in [3.63, 3.8) is 0 Å². The molecule has 0 aliphatic rings. The van der Waals surface area contributed by atoms with Crippen molar-refractivity contribution in [2.45, 2.75) is 19.4 Å². The Bertz CT molecular complexity index is 279. The average Bonchev–Trinajstić information content (AvgIpc) is 2.19. The molecule has 1 unspecified atom stereocenters. The normalized spacial score (nSPS) is 14.2. The lowest BCUT2D eigenvalue weighted by Crippen LogP contribution is -2.07. The van der Waals surface area contributed by atoms with Gasteiger partial charge in [-0.1, -0.05) is 37.3 Å². The lowest BCUT2D eigenvalue weighted by Gasteiger charge is -2.07. The Labute approximate surface area is 78.7 Å². The fraction of sp³-hybridized carbons (Fsp3) is 0.273. The molecule has 0 heterocycles. The topological polar surface area (TPSA) is 46.2 Å². The zero-order valence-corrected chi connectivity index (χ0v) is 7.77. The van der Waals surface area contributed by atoms with E-state index < -0.39 is 0 Å². The van der Waals surface area contributed by atoms with Crippen LogP contribution in [0.15, 0.2) is 42.2 Å². The van der Waals surface area contributed by atoms with Crippen LogP contribution in [0.1, 0.15) is 24.9 Å². The maximum absolute atomic E-state index is 9.27. The molecule has 1 rings (SSSR count). The van der Waals surface area contributed by atoms with E-state index in [9.17, 15) is 5.11 Å². The number of benzene rings is 1. The first kappa shape index (κ1) is 9.81. The molecule has 0 saturated carbocycles. The minimum atomic E-state index is -0.207. The molecular weight excluding hydrogens is 162 g/mol. The molecule has 0 saturated heterocycles. The molecule has 1 atom stereocenters. The average molecular weight is 177 g/mol. The number of allylic oxidation sites excluding steroid dienone is 1. The molecule has 0 spiro atoms. The van der Waals surface area contributed by atoms with Crippen molar-refractivity contribution in [3.05, 3.63) is 47.7 Å². The number of hydrogen-bond donors (Lipinski definition) is 2. The summed E-state index contributed by atoms with van der Waals surface area (Å²) in [7, 11) is 0. The van der Waals surface area contributed by atoms with Gasteiger partial charge in [-0.2, -0.15) is 0 Å². The molecule has 2 heteroatoms. The van der Waals surface area contributed by atoms with Crippen LogP contribution in [-0.4, -0.2) is 5.11 Å². The summed E-state index contributed by atoms with van der Waals surface area (Å²) in [5.41, 5.74) is 6.85. The largest absolute Gasteiger partial charge is 0.513 e. The van der Waals surface area contributed by atoms with Crippen molar-refractivity contribution in [1.29, 1.82) is 0 Å². The van der Waals surface area contributed by atoms with Gasteiger partial charge in [-0.25, -0.2) is 0 Å². The Morgan fingerprint density at radius 2 is 2.08 bits per heavy atom. The Morgan fingerprint density at radius 1 is 1.46 bits per heavy atom. The molecule has 1 aromatic rings. The van der Waals surface area contributed by atoms with Gasteiger partial charge in [0.25, 0.3) is 0 Å². The molecule has 3 N–H and O–H groups in total. The van der Waals surface area contributed by atoms with E-state index in [-0.39, 0.29) is 6.04 Å². The predicted molar refractivity (Wildman–Crippen MR) is 54.4 cm³/mol. The smallest absolute Gasteiger partial charge is 0.0899 e. The van der Waals surface area contributed by atoms with Crippen LogP contribution in [0.5, 0.6) is 0 Å². The third-order valence-electron chi connectivity index (χ3n) is 1.92. The molecule has 0 aliphatic carbocycles. The molecular formula is C11H15NO. The number of aliphatic hydroxyl groups is 1. The van der Waals surface area contributed by atoms with Crippen LogP contribution in [0.2, 0.25) is 0 Å². The van der Waals surface area contributed by atoms with E-state index in [1.165, 1.54) is 0 Å². The highest BCUT2D eigenvalue weighted by Crippen LogP contribution is 2.12. The van der Waals surface area contributed by atoms with Gasteiger partial charge in [0.05, 0.1) is 11.8 Å². The van der Waals surface area contributed by atoms with Gasteiger partial charge >= 0.3 is 0 Å². The summed E-state index contributed by atoms with van der Waals surface area (Å²) in [5, 5.41) is 9.27. The highest BCUT2D eigenvalue weighted by Gasteiger charge is 2.01. The van der Waals surface area contributed by atoms with E-state index in [2.05, 4.69) is 0 Å². The first-order valence-corrected chi connectivity index (χ1v) is 4.44. The molecule has 0 aliphatic heterocycles. The molecule has 70 valence electrons. The Hall–Kier alpha value is -1.28. The number of hydrogen-bond acceptors (Lipinski definition) is 2. The van der Waals surface area contributed by atoms with Crippen molar-refractivity contribution >= 4 is 0 Å². The molecule has 13 heavy (non-hydrogen) atoms. The van der Waals surface area contributed by atoms with Crippen molar-refractivity contribution in [1.82, 2.24) is 0 Å². The molecule has 0 fully saturated rings. The van der Waals surface area contributed by atoms with Crippen molar-refractivity contribution in [2.24, 2.45) is 5.73 Å². The van der Waals surface area contributed by atoms with E-state index in [4.69, 9.17) is 5.73 Å². The summed E-state index contributed by atoms with van der Waals surface area (Å²) in [6.45, 7) is 1.89. The van der Waals surface area contributed by atoms with Crippen LogP contribution >= 0.6 is 0 Å². The summed E-state index contributed by atoms with van der Waals surface area (Å²) in [5.74, 6) is 0.344. The van der Waals surface area contributed by atoms with Gasteiger partial charge in [-0.05, 0) is 11.6 Å². The zero-order valence-electron chi connectivity index (χ0n) is 7.77. The quantitative estimate of drug-likeness (QED) is 0.697. The molecule has 0 amide bonds. The lowest BCUT2D eigenvalue weighted by molar-refractivity contribution is 0.390. The second-order valence-electron chi connectivity index (χ2n) is 2.95. The number of rotatable bonds is 3. The molecule has 2 nitrogen and oxygen atoms in total. The summed E-state index contributed by atoms with van der Waals surface area (Å²) in [4.78, 5) is 0. The highest BCUT2D eigenvalue weighted by molar-refractivity contribution is 5.22. The van der Waals surface area contributed by atoms with Crippen LogP contribution in [0, 0.1) is 0 Å². The van der Waals surface area contributed by atoms with Crippen molar-refractivity contribution < 1.29 is 5.11 Å². The highest BCUT2D eigenvalue weighted by atomic mass is 16.3. The minimum Gasteiger partial charge on any atom is -0.513 e. The third kappa shape index (κ3) is 2.92. The number of nitrogens with two attached hydrogens (primary N) is 1. The maximum Gasteiger partial charge on any atom is 0.0899 e. The second kappa shape index (κ2) is 4.67. The minimum absolute atomic E-state index is 0.207. The molecule has 1 aromatic carbocycles. The van der Waals surface area contributed by atoms with Crippen LogP contribution in [-0.2, 0) is 0 Å². The van der Waals surface area contributed by atoms with Gasteiger partial charge in [-0.15, -0.1) is 0 Å². The second-order valence-corrected chi connectivity index (χ2v) is 2.95. The standard InChI is InChI=1S/C11H15NO/c1-2-10(13)8-11(12)9-6-4-3-5-7-9/h3-8,11,13H,2,12H2,1H3/b10-8-. The van der Waals surface area contributed by atoms with Crippen LogP contribution < -0.4 is 5.73 Å². The summed E-state index contributed by atoms with van der Waals surface area (Å²) in [6.07, 6.45) is 2.30. The van der Waals surface area contributed by atoms with Crippen LogP contribution in [0.25, 0.3) is 0 Å². The van der Waals surface area contributed by atoms with Gasteiger partial charge in [0.2, 0.25) is 0 Å². The monoisotopic (exact) mass is 177 g/mol. The van der Waals surface area contributed by atoms with Crippen molar-refractivity contribution in [2.75, 3.05) is 0 Å². The van der Waals surface area contributed by atoms with Gasteiger partial charge in [0.1, 0.15) is 0 Å². The lowest BCUT2D eigenvalue weighted by atomic mass is 10.1. The Morgan fingerprint density at radius 3 is 2.62 bits per heavy atom. The van der Waals surface area contributed by atoms with Gasteiger partial charge in [0.15, 0.2) is 0 Å². The third-order valence-corrected chi connectivity index (χ3v) is 1.92. The Balaban J connectivity index is 2.75. The first-order valence-electron chi connectivity index (χ1n) is 4.44. The van der Waals surface area contributed by atoms with Crippen LogP contribution in [0.3, 0.4) is 0 Å². The summed E-state index contributed by atoms with van der Waals surface area (Å²) >= 11 is 0. The van der Waals surface area contributed by atoms with E-state index in [0.717, 1.165) is 5.56 Å². The van der Waals surface area contributed by atoms with E-state index in [1.54, 1.807) is 6.08 Å². The van der Waals surface area contributed by atoms with Gasteiger partial charge in [-0.3, -0.25) is 0 Å². The van der Waals surface area contributed by atoms with E-state index in [0.29, 0.717) is 12.2 Å². The van der Waals surface area contributed by atoms with Gasteiger partial charge < -0.3 is 10.8 Å². The first-order chi connectivity index (χ1) is 6.24. The SMILES string of the molecule is CC/C(O)=C/C(N)c1ccccc1. The summed E-state index contributed by atoms with van der Waals surface area (Å²) < 4.78 is 0. The van der Waals surface area contributed by atoms with Gasteiger partial charge in [0, 0.05) is 6.42 Å². The van der Waals surface area contributed by atoms with E-state index in [1.807, 2.05) is 37.3 Å². The number of aliphatic hydroxyl groups excluding tert-OH is 1. The maximum atomic E-state index is 9.27. The molecule has 0 bridgehead atoms.